The molecule has 0 radical (unpaired) electrons. The van der Waals surface area contributed by atoms with Gasteiger partial charge in [0.25, 0.3) is 5.91 Å². The Morgan fingerprint density at radius 2 is 2.04 bits per heavy atom. The molecule has 124 valence electrons. The van der Waals surface area contributed by atoms with Crippen LogP contribution in [-0.2, 0) is 4.79 Å². The van der Waals surface area contributed by atoms with Gasteiger partial charge in [0.1, 0.15) is 5.75 Å². The largest absolute Gasteiger partial charge is 0.480 e. The number of nitriles is 1. The number of anilines is 1. The van der Waals surface area contributed by atoms with Crippen molar-refractivity contribution in [3.8, 4) is 11.8 Å². The van der Waals surface area contributed by atoms with Crippen molar-refractivity contribution in [2.75, 3.05) is 11.4 Å². The molecule has 0 saturated carbocycles. The van der Waals surface area contributed by atoms with Crippen LogP contribution in [0.4, 0.5) is 5.69 Å². The number of amides is 1. The number of hydrogen-bond acceptors (Lipinski definition) is 3. The molecule has 2 aromatic rings. The molecule has 0 saturated heterocycles. The van der Waals surface area contributed by atoms with Crippen molar-refractivity contribution < 1.29 is 9.53 Å². The number of halogens is 2. The first-order chi connectivity index (χ1) is 11.5. The molecule has 0 aliphatic carbocycles. The summed E-state index contributed by atoms with van der Waals surface area (Å²) in [4.78, 5) is 14.3. The molecular formula is C18H16BrClN2O2. The number of benzene rings is 2. The predicted molar refractivity (Wildman–Crippen MR) is 98.3 cm³/mol. The van der Waals surface area contributed by atoms with Crippen LogP contribution in [0.3, 0.4) is 0 Å². The van der Waals surface area contributed by atoms with Gasteiger partial charge in [0.05, 0.1) is 17.0 Å². The Labute approximate surface area is 154 Å². The molecule has 0 aliphatic rings. The first-order valence-electron chi connectivity index (χ1n) is 7.38. The molecule has 2 rings (SSSR count). The van der Waals surface area contributed by atoms with Gasteiger partial charge in [-0.1, -0.05) is 29.8 Å². The molecule has 6 heteroatoms. The fourth-order valence-electron chi connectivity index (χ4n) is 2.17. The fourth-order valence-corrected chi connectivity index (χ4v) is 2.94. The topological polar surface area (TPSA) is 53.3 Å². The van der Waals surface area contributed by atoms with Crippen molar-refractivity contribution in [2.45, 2.75) is 19.4 Å². The maximum absolute atomic E-state index is 12.8. The van der Waals surface area contributed by atoms with Gasteiger partial charge in [-0.3, -0.25) is 4.79 Å². The van der Waals surface area contributed by atoms with Crippen LogP contribution in [0.25, 0.3) is 0 Å². The molecule has 0 spiro atoms. The Kier molecular flexibility index (Phi) is 6.65. The van der Waals surface area contributed by atoms with E-state index in [0.717, 1.165) is 5.69 Å². The molecule has 0 unspecified atom stereocenters. The van der Waals surface area contributed by atoms with E-state index in [1.165, 1.54) is 0 Å². The molecule has 4 nitrogen and oxygen atoms in total. The van der Waals surface area contributed by atoms with Gasteiger partial charge in [-0.25, -0.2) is 0 Å². The monoisotopic (exact) mass is 406 g/mol. The Bertz CT molecular complexity index is 746. The summed E-state index contributed by atoms with van der Waals surface area (Å²) in [5, 5.41) is 9.42. The van der Waals surface area contributed by atoms with Crippen LogP contribution in [0.2, 0.25) is 5.02 Å². The maximum atomic E-state index is 12.8. The van der Waals surface area contributed by atoms with E-state index in [1.807, 2.05) is 30.3 Å². The first-order valence-corrected chi connectivity index (χ1v) is 8.55. The number of nitrogens with zero attached hydrogens (tertiary/aromatic N) is 2. The highest BCUT2D eigenvalue weighted by molar-refractivity contribution is 9.10. The van der Waals surface area contributed by atoms with Crippen LogP contribution < -0.4 is 9.64 Å². The summed E-state index contributed by atoms with van der Waals surface area (Å²) in [5.41, 5.74) is 0.739. The second kappa shape index (κ2) is 8.72. The van der Waals surface area contributed by atoms with Gasteiger partial charge < -0.3 is 9.64 Å². The van der Waals surface area contributed by atoms with Crippen LogP contribution in [0.1, 0.15) is 13.3 Å². The van der Waals surface area contributed by atoms with Gasteiger partial charge >= 0.3 is 0 Å². The lowest BCUT2D eigenvalue weighted by Crippen LogP contribution is -2.41. The molecule has 0 bridgehead atoms. The zero-order chi connectivity index (χ0) is 17.5. The molecule has 0 N–H and O–H groups in total. The van der Waals surface area contributed by atoms with Gasteiger partial charge in [-0.2, -0.15) is 5.26 Å². The minimum Gasteiger partial charge on any atom is -0.480 e. The van der Waals surface area contributed by atoms with Crippen molar-refractivity contribution in [1.82, 2.24) is 0 Å². The highest BCUT2D eigenvalue weighted by atomic mass is 79.9. The summed E-state index contributed by atoms with van der Waals surface area (Å²) in [6, 6.07) is 16.4. The molecular weight excluding hydrogens is 392 g/mol. The van der Waals surface area contributed by atoms with Crippen LogP contribution in [0.5, 0.6) is 5.75 Å². The number of carbonyl (C=O) groups excluding carboxylic acids is 1. The van der Waals surface area contributed by atoms with Gasteiger partial charge in [0.15, 0.2) is 6.10 Å². The van der Waals surface area contributed by atoms with Crippen LogP contribution in [-0.4, -0.2) is 18.6 Å². The summed E-state index contributed by atoms with van der Waals surface area (Å²) >= 11 is 9.28. The van der Waals surface area contributed by atoms with Gasteiger partial charge in [0.2, 0.25) is 0 Å². The average molecular weight is 408 g/mol. The number of para-hydroxylation sites is 1. The van der Waals surface area contributed by atoms with E-state index in [4.69, 9.17) is 21.6 Å². The van der Waals surface area contributed by atoms with Gasteiger partial charge in [0, 0.05) is 17.3 Å². The zero-order valence-corrected chi connectivity index (χ0v) is 15.4. The van der Waals surface area contributed by atoms with Crippen molar-refractivity contribution in [1.29, 1.82) is 5.26 Å². The fraction of sp³-hybridized carbons (Fsp3) is 0.222. The summed E-state index contributed by atoms with van der Waals surface area (Å²) < 4.78 is 6.44. The highest BCUT2D eigenvalue weighted by Crippen LogP contribution is 2.29. The third-order valence-electron chi connectivity index (χ3n) is 3.33. The summed E-state index contributed by atoms with van der Waals surface area (Å²) in [6.45, 7) is 2.00. The number of carbonyl (C=O) groups is 1. The minimum absolute atomic E-state index is 0.210. The summed E-state index contributed by atoms with van der Waals surface area (Å²) in [5.74, 6) is 0.326. The molecule has 24 heavy (non-hydrogen) atoms. The molecule has 0 aliphatic heterocycles. The molecule has 0 fully saturated rings. The molecule has 2 aromatic carbocycles. The average Bonchev–Trinajstić information content (AvgIpc) is 2.58. The lowest BCUT2D eigenvalue weighted by atomic mass is 10.2. The lowest BCUT2D eigenvalue weighted by Gasteiger charge is -2.25. The minimum atomic E-state index is -0.707. The van der Waals surface area contributed by atoms with Crippen LogP contribution >= 0.6 is 27.5 Å². The standard InChI is InChI=1S/C18H16BrClN2O2/c1-13(24-17-9-8-14(20)12-16(17)19)18(23)22(11-5-10-21)15-6-3-2-4-7-15/h2-4,6-9,12-13H,5,11H2,1H3/t13-/m1/s1. The predicted octanol–water partition coefficient (Wildman–Crippen LogP) is 4.82. The molecule has 1 amide bonds. The van der Waals surface area contributed by atoms with E-state index in [2.05, 4.69) is 22.0 Å². The zero-order valence-electron chi connectivity index (χ0n) is 13.1. The van der Waals surface area contributed by atoms with E-state index < -0.39 is 6.10 Å². The highest BCUT2D eigenvalue weighted by Gasteiger charge is 2.23. The second-order valence-corrected chi connectivity index (χ2v) is 6.36. The van der Waals surface area contributed by atoms with Crippen molar-refractivity contribution in [3.63, 3.8) is 0 Å². The van der Waals surface area contributed by atoms with E-state index >= 15 is 0 Å². The normalized spacial score (nSPS) is 11.4. The van der Waals surface area contributed by atoms with Crippen molar-refractivity contribution in [2.24, 2.45) is 0 Å². The second-order valence-electron chi connectivity index (χ2n) is 5.07. The molecule has 1 atom stereocenters. The van der Waals surface area contributed by atoms with Gasteiger partial charge in [-0.05, 0) is 53.2 Å². The Morgan fingerprint density at radius 3 is 2.67 bits per heavy atom. The van der Waals surface area contributed by atoms with E-state index in [1.54, 1.807) is 30.0 Å². The van der Waals surface area contributed by atoms with Crippen LogP contribution in [0, 0.1) is 11.3 Å². The Hall–Kier alpha value is -2.03. The summed E-state index contributed by atoms with van der Waals surface area (Å²) in [6.07, 6.45) is -0.459. The van der Waals surface area contributed by atoms with Crippen LogP contribution in [0.15, 0.2) is 53.0 Å². The Balaban J connectivity index is 2.17. The number of hydrogen-bond donors (Lipinski definition) is 0. The molecule has 0 aromatic heterocycles. The smallest absolute Gasteiger partial charge is 0.267 e. The molecule has 0 heterocycles. The third kappa shape index (κ3) is 4.73. The summed E-state index contributed by atoms with van der Waals surface area (Å²) in [7, 11) is 0. The third-order valence-corrected chi connectivity index (χ3v) is 4.18. The van der Waals surface area contributed by atoms with E-state index in [0.29, 0.717) is 21.8 Å². The van der Waals surface area contributed by atoms with Crippen molar-refractivity contribution in [3.05, 3.63) is 58.0 Å². The quantitative estimate of drug-likeness (QED) is 0.690. The first kappa shape index (κ1) is 18.3. The van der Waals surface area contributed by atoms with E-state index in [9.17, 15) is 4.79 Å². The van der Waals surface area contributed by atoms with Crippen molar-refractivity contribution >= 4 is 39.1 Å². The number of rotatable bonds is 6. The van der Waals surface area contributed by atoms with Gasteiger partial charge in [-0.15, -0.1) is 0 Å². The SMILES string of the molecule is C[C@@H](Oc1ccc(Cl)cc1Br)C(=O)N(CCC#N)c1ccccc1. The Morgan fingerprint density at radius 1 is 1.33 bits per heavy atom. The van der Waals surface area contributed by atoms with E-state index in [-0.39, 0.29) is 12.3 Å². The lowest BCUT2D eigenvalue weighted by molar-refractivity contribution is -0.124. The number of ether oxygens (including phenoxy) is 1. The maximum Gasteiger partial charge on any atom is 0.267 e.